The molecule has 1 atom stereocenters. The summed E-state index contributed by atoms with van der Waals surface area (Å²) in [6.45, 7) is 10.9. The molecule has 0 saturated carbocycles. The lowest BCUT2D eigenvalue weighted by Gasteiger charge is -2.41. The van der Waals surface area contributed by atoms with E-state index in [9.17, 15) is 4.79 Å². The summed E-state index contributed by atoms with van der Waals surface area (Å²) in [5.74, 6) is 1.36. The molecule has 1 fully saturated rings. The van der Waals surface area contributed by atoms with Crippen LogP contribution in [0.15, 0.2) is 28.7 Å². The van der Waals surface area contributed by atoms with E-state index in [-0.39, 0.29) is 17.7 Å². The molecule has 1 aromatic carbocycles. The Labute approximate surface area is 148 Å². The number of benzene rings is 1. The number of nitrogens with one attached hydrogen (secondary N) is 1. The average molecular weight is 343 g/mol. The zero-order valence-electron chi connectivity index (χ0n) is 15.4. The Balaban J connectivity index is 1.74. The van der Waals surface area contributed by atoms with Gasteiger partial charge >= 0.3 is 6.03 Å². The van der Waals surface area contributed by atoms with Gasteiger partial charge in [-0.3, -0.25) is 0 Å². The molecular weight excluding hydrogens is 318 g/mol. The van der Waals surface area contributed by atoms with Crippen LogP contribution < -0.4 is 5.32 Å². The third kappa shape index (κ3) is 4.02. The number of urea groups is 1. The Morgan fingerprint density at radius 2 is 2.12 bits per heavy atom. The molecule has 1 aliphatic rings. The number of nitrogens with zero attached hydrogens (tertiary/aromatic N) is 2. The highest BCUT2D eigenvalue weighted by atomic mass is 16.5. The van der Waals surface area contributed by atoms with Crippen molar-refractivity contribution in [3.8, 4) is 11.5 Å². The topological polar surface area (TPSA) is 67.6 Å². The van der Waals surface area contributed by atoms with Crippen molar-refractivity contribution in [1.29, 1.82) is 0 Å². The number of carbonyl (C=O) groups excluding carboxylic acids is 1. The first kappa shape index (κ1) is 17.5. The van der Waals surface area contributed by atoms with Gasteiger partial charge in [0, 0.05) is 17.8 Å². The fourth-order valence-electron chi connectivity index (χ4n) is 3.14. The minimum Gasteiger partial charge on any atom is -0.441 e. The van der Waals surface area contributed by atoms with Crippen LogP contribution in [-0.2, 0) is 4.74 Å². The van der Waals surface area contributed by atoms with Gasteiger partial charge in [0.05, 0.1) is 23.9 Å². The van der Waals surface area contributed by atoms with Crippen LogP contribution in [0.4, 0.5) is 10.5 Å². The fourth-order valence-corrected chi connectivity index (χ4v) is 3.14. The quantitative estimate of drug-likeness (QED) is 0.895. The fraction of sp³-hybridized carbons (Fsp3) is 0.474. The minimum absolute atomic E-state index is 0.0131. The van der Waals surface area contributed by atoms with Crippen LogP contribution in [0, 0.1) is 13.8 Å². The number of amides is 2. The van der Waals surface area contributed by atoms with Crippen molar-refractivity contribution in [2.75, 3.05) is 18.4 Å². The maximum absolute atomic E-state index is 12.6. The molecule has 0 spiro atoms. The smallest absolute Gasteiger partial charge is 0.322 e. The predicted octanol–water partition coefficient (Wildman–Crippen LogP) is 3.99. The molecule has 2 amide bonds. The Morgan fingerprint density at radius 1 is 1.36 bits per heavy atom. The molecule has 1 aliphatic heterocycles. The van der Waals surface area contributed by atoms with Gasteiger partial charge in [0.15, 0.2) is 0 Å². The van der Waals surface area contributed by atoms with Crippen LogP contribution in [0.3, 0.4) is 0 Å². The van der Waals surface area contributed by atoms with Crippen molar-refractivity contribution in [2.45, 2.75) is 46.3 Å². The summed E-state index contributed by atoms with van der Waals surface area (Å²) >= 11 is 0. The summed E-state index contributed by atoms with van der Waals surface area (Å²) in [7, 11) is 0. The van der Waals surface area contributed by atoms with Crippen LogP contribution in [-0.4, -0.2) is 40.7 Å². The second-order valence-corrected chi connectivity index (χ2v) is 7.24. The number of hydrogen-bond donors (Lipinski definition) is 1. The van der Waals surface area contributed by atoms with E-state index in [0.29, 0.717) is 24.7 Å². The number of aryl methyl sites for hydroxylation is 2. The van der Waals surface area contributed by atoms with Gasteiger partial charge in [-0.25, -0.2) is 9.78 Å². The second kappa shape index (κ2) is 6.52. The lowest BCUT2D eigenvalue weighted by Crippen LogP contribution is -2.54. The predicted molar refractivity (Wildman–Crippen MR) is 96.6 cm³/mol. The number of morpholine rings is 1. The second-order valence-electron chi connectivity index (χ2n) is 7.24. The maximum Gasteiger partial charge on any atom is 0.322 e. The van der Waals surface area contributed by atoms with Gasteiger partial charge in [0.2, 0.25) is 5.89 Å². The molecule has 0 radical (unpaired) electrons. The highest BCUT2D eigenvalue weighted by Crippen LogP contribution is 2.25. The van der Waals surface area contributed by atoms with E-state index in [1.807, 2.05) is 58.9 Å². The molecule has 3 rings (SSSR count). The summed E-state index contributed by atoms with van der Waals surface area (Å²) in [6.07, 6.45) is 0.0131. The van der Waals surface area contributed by atoms with Crippen molar-refractivity contribution < 1.29 is 13.9 Å². The van der Waals surface area contributed by atoms with Gasteiger partial charge in [-0.1, -0.05) is 6.07 Å². The lowest BCUT2D eigenvalue weighted by molar-refractivity contribution is -0.116. The van der Waals surface area contributed by atoms with Gasteiger partial charge in [-0.05, 0) is 52.8 Å². The molecule has 1 N–H and O–H groups in total. The third-order valence-electron chi connectivity index (χ3n) is 4.25. The normalized spacial score (nSPS) is 19.7. The van der Waals surface area contributed by atoms with Crippen LogP contribution in [0.2, 0.25) is 0 Å². The Kier molecular flexibility index (Phi) is 4.56. The number of ether oxygens (including phenoxy) is 1. The molecule has 1 aromatic heterocycles. The molecule has 2 aromatic rings. The number of aromatic nitrogens is 1. The molecule has 134 valence electrons. The van der Waals surface area contributed by atoms with Gasteiger partial charge < -0.3 is 19.4 Å². The van der Waals surface area contributed by atoms with Crippen molar-refractivity contribution in [2.24, 2.45) is 0 Å². The number of rotatable bonds is 2. The molecule has 25 heavy (non-hydrogen) atoms. The van der Waals surface area contributed by atoms with E-state index >= 15 is 0 Å². The summed E-state index contributed by atoms with van der Waals surface area (Å²) in [5, 5.41) is 2.96. The molecule has 0 aliphatic carbocycles. The zero-order valence-corrected chi connectivity index (χ0v) is 15.4. The zero-order chi connectivity index (χ0) is 18.2. The first-order valence-electron chi connectivity index (χ1n) is 8.52. The molecule has 6 nitrogen and oxygen atoms in total. The third-order valence-corrected chi connectivity index (χ3v) is 4.25. The van der Waals surface area contributed by atoms with Crippen molar-refractivity contribution >= 4 is 11.7 Å². The molecular formula is C19H25N3O3. The van der Waals surface area contributed by atoms with Crippen LogP contribution in [0.5, 0.6) is 0 Å². The van der Waals surface area contributed by atoms with Crippen LogP contribution in [0.25, 0.3) is 11.5 Å². The van der Waals surface area contributed by atoms with Gasteiger partial charge in [-0.15, -0.1) is 0 Å². The highest BCUT2D eigenvalue weighted by molar-refractivity contribution is 5.90. The van der Waals surface area contributed by atoms with Crippen molar-refractivity contribution in [3.05, 3.63) is 35.7 Å². The van der Waals surface area contributed by atoms with Crippen LogP contribution >= 0.6 is 0 Å². The first-order chi connectivity index (χ1) is 11.7. The molecule has 2 heterocycles. The van der Waals surface area contributed by atoms with E-state index < -0.39 is 0 Å². The standard InChI is InChI=1S/C19H25N3O3/c1-12-10-22(11-19(4,5)25-12)18(23)21-16-8-6-7-15(9-16)17-20-13(2)14(3)24-17/h6-9,12H,10-11H2,1-5H3,(H,21,23)/t12-/m0/s1. The van der Waals surface area contributed by atoms with E-state index in [1.165, 1.54) is 0 Å². The Morgan fingerprint density at radius 3 is 2.76 bits per heavy atom. The number of carbonyl (C=O) groups is 1. The maximum atomic E-state index is 12.6. The molecule has 0 unspecified atom stereocenters. The summed E-state index contributed by atoms with van der Waals surface area (Å²) < 4.78 is 11.5. The minimum atomic E-state index is -0.343. The number of anilines is 1. The Bertz CT molecular complexity index is 762. The monoisotopic (exact) mass is 343 g/mol. The summed E-state index contributed by atoms with van der Waals surface area (Å²) in [6, 6.07) is 7.41. The van der Waals surface area contributed by atoms with Crippen LogP contribution in [0.1, 0.15) is 32.2 Å². The van der Waals surface area contributed by atoms with E-state index in [4.69, 9.17) is 9.15 Å². The Hall–Kier alpha value is -2.34. The van der Waals surface area contributed by atoms with Crippen molar-refractivity contribution in [1.82, 2.24) is 9.88 Å². The lowest BCUT2D eigenvalue weighted by atomic mass is 10.1. The van der Waals surface area contributed by atoms with Gasteiger partial charge in [0.25, 0.3) is 0 Å². The largest absolute Gasteiger partial charge is 0.441 e. The molecule has 0 bridgehead atoms. The number of hydrogen-bond acceptors (Lipinski definition) is 4. The van der Waals surface area contributed by atoms with E-state index in [2.05, 4.69) is 10.3 Å². The van der Waals surface area contributed by atoms with Gasteiger partial charge in [-0.2, -0.15) is 0 Å². The average Bonchev–Trinajstić information content (AvgIpc) is 2.85. The van der Waals surface area contributed by atoms with Gasteiger partial charge in [0.1, 0.15) is 5.76 Å². The molecule has 6 heteroatoms. The molecule has 1 saturated heterocycles. The summed E-state index contributed by atoms with van der Waals surface area (Å²) in [5.41, 5.74) is 2.08. The van der Waals surface area contributed by atoms with E-state index in [0.717, 1.165) is 17.0 Å². The SMILES string of the molecule is Cc1nc(-c2cccc(NC(=O)N3C[C@H](C)OC(C)(C)C3)c2)oc1C. The first-order valence-corrected chi connectivity index (χ1v) is 8.52. The highest BCUT2D eigenvalue weighted by Gasteiger charge is 2.33. The number of oxazole rings is 1. The van der Waals surface area contributed by atoms with E-state index in [1.54, 1.807) is 4.90 Å². The summed E-state index contributed by atoms with van der Waals surface area (Å²) in [4.78, 5) is 18.8. The van der Waals surface area contributed by atoms with Crippen molar-refractivity contribution in [3.63, 3.8) is 0 Å².